The molecule has 2 aromatic heterocycles. The topological polar surface area (TPSA) is 53.7 Å². The van der Waals surface area contributed by atoms with Crippen LogP contribution in [0.25, 0.3) is 5.65 Å². The van der Waals surface area contributed by atoms with Gasteiger partial charge in [-0.2, -0.15) is 5.10 Å². The maximum atomic E-state index is 13.5. The van der Waals surface area contributed by atoms with E-state index in [0.29, 0.717) is 43.1 Å². The fourth-order valence-corrected chi connectivity index (χ4v) is 4.49. The van der Waals surface area contributed by atoms with Crippen LogP contribution in [0.2, 0.25) is 0 Å². The normalized spacial score (nSPS) is 14.8. The molecule has 1 amide bonds. The van der Waals surface area contributed by atoms with Crippen LogP contribution in [-0.2, 0) is 0 Å². The van der Waals surface area contributed by atoms with Crippen LogP contribution in [0.3, 0.4) is 0 Å². The number of nitrogens with zero attached hydrogens (tertiary/aromatic N) is 5. The Kier molecular flexibility index (Phi) is 5.60. The lowest BCUT2D eigenvalue weighted by molar-refractivity contribution is 0.0598. The van der Waals surface area contributed by atoms with Crippen LogP contribution in [0.4, 0.5) is 8.78 Å². The highest BCUT2D eigenvalue weighted by Crippen LogP contribution is 2.30. The first-order valence-electron chi connectivity index (χ1n) is 10.9. The minimum Gasteiger partial charge on any atom is -0.336 e. The molecule has 0 unspecified atom stereocenters. The van der Waals surface area contributed by atoms with Gasteiger partial charge in [-0.15, -0.1) is 0 Å². The van der Waals surface area contributed by atoms with Crippen molar-refractivity contribution in [2.45, 2.75) is 13.0 Å². The molecule has 1 fully saturated rings. The van der Waals surface area contributed by atoms with E-state index >= 15 is 0 Å². The fraction of sp³-hybridized carbons (Fsp3) is 0.240. The molecule has 0 aliphatic carbocycles. The highest BCUT2D eigenvalue weighted by molar-refractivity contribution is 6.01. The minimum absolute atomic E-state index is 0.0824. The summed E-state index contributed by atoms with van der Waals surface area (Å²) in [6.45, 7) is 4.12. The summed E-state index contributed by atoms with van der Waals surface area (Å²) in [6.07, 6.45) is 3.43. The van der Waals surface area contributed by atoms with Crippen LogP contribution < -0.4 is 0 Å². The maximum absolute atomic E-state index is 13.5. The second-order valence-electron chi connectivity index (χ2n) is 8.18. The summed E-state index contributed by atoms with van der Waals surface area (Å²) in [6, 6.07) is 14.4. The molecular weight excluding hydrogens is 424 g/mol. The maximum Gasteiger partial charge on any atom is 0.259 e. The van der Waals surface area contributed by atoms with Gasteiger partial charge in [-0.25, -0.2) is 18.3 Å². The Morgan fingerprint density at radius 1 is 0.909 bits per heavy atom. The van der Waals surface area contributed by atoms with Crippen LogP contribution in [0.5, 0.6) is 0 Å². The largest absolute Gasteiger partial charge is 0.336 e. The van der Waals surface area contributed by atoms with Crippen molar-refractivity contribution in [1.82, 2.24) is 24.4 Å². The first-order valence-corrected chi connectivity index (χ1v) is 10.9. The third kappa shape index (κ3) is 4.09. The standard InChI is InChI=1S/C25H23F2N5O/c1-17-22(24-28-11-2-12-32(24)29-17)25(33)31-15-13-30(14-16-31)23(18-3-7-20(26)8-4-18)19-5-9-21(27)10-6-19/h2-12,23H,13-16H2,1H3. The summed E-state index contributed by atoms with van der Waals surface area (Å²) in [7, 11) is 0. The Bertz CT molecular complexity index is 1230. The number of aromatic nitrogens is 3. The van der Waals surface area contributed by atoms with Crippen molar-refractivity contribution in [2.24, 2.45) is 0 Å². The number of rotatable bonds is 4. The van der Waals surface area contributed by atoms with Gasteiger partial charge < -0.3 is 4.90 Å². The van der Waals surface area contributed by atoms with Gasteiger partial charge in [0.05, 0.1) is 11.7 Å². The van der Waals surface area contributed by atoms with Gasteiger partial charge in [-0.3, -0.25) is 9.69 Å². The van der Waals surface area contributed by atoms with Crippen LogP contribution in [0.1, 0.15) is 33.2 Å². The fourth-order valence-electron chi connectivity index (χ4n) is 4.49. The third-order valence-electron chi connectivity index (χ3n) is 6.12. The van der Waals surface area contributed by atoms with Gasteiger partial charge in [-0.05, 0) is 48.4 Å². The number of aryl methyl sites for hydroxylation is 1. The zero-order chi connectivity index (χ0) is 22.9. The molecule has 6 nitrogen and oxygen atoms in total. The van der Waals surface area contributed by atoms with E-state index in [0.717, 1.165) is 11.1 Å². The van der Waals surface area contributed by atoms with Crippen molar-refractivity contribution >= 4 is 11.6 Å². The van der Waals surface area contributed by atoms with E-state index in [2.05, 4.69) is 15.0 Å². The van der Waals surface area contributed by atoms with E-state index in [-0.39, 0.29) is 23.6 Å². The Morgan fingerprint density at radius 2 is 1.48 bits per heavy atom. The number of amides is 1. The summed E-state index contributed by atoms with van der Waals surface area (Å²) in [4.78, 5) is 21.7. The second-order valence-corrected chi connectivity index (χ2v) is 8.18. The molecule has 0 saturated carbocycles. The van der Waals surface area contributed by atoms with E-state index in [9.17, 15) is 13.6 Å². The summed E-state index contributed by atoms with van der Waals surface area (Å²) in [5.74, 6) is -0.685. The molecule has 4 aromatic rings. The number of hydrogen-bond acceptors (Lipinski definition) is 4. The number of fused-ring (bicyclic) bond motifs is 1. The number of carbonyl (C=O) groups is 1. The summed E-state index contributed by atoms with van der Waals surface area (Å²) in [5, 5.41) is 4.40. The van der Waals surface area contributed by atoms with Crippen molar-refractivity contribution in [2.75, 3.05) is 26.2 Å². The lowest BCUT2D eigenvalue weighted by Gasteiger charge is -2.39. The quantitative estimate of drug-likeness (QED) is 0.477. The smallest absolute Gasteiger partial charge is 0.259 e. The van der Waals surface area contributed by atoms with E-state index in [1.165, 1.54) is 24.3 Å². The van der Waals surface area contributed by atoms with Crippen LogP contribution in [0, 0.1) is 18.6 Å². The third-order valence-corrected chi connectivity index (χ3v) is 6.12. The van der Waals surface area contributed by atoms with Gasteiger partial charge in [0.25, 0.3) is 5.91 Å². The minimum atomic E-state index is -0.301. The average molecular weight is 447 g/mol. The Hall–Kier alpha value is -3.65. The summed E-state index contributed by atoms with van der Waals surface area (Å²) < 4.78 is 28.7. The molecular formula is C25H23F2N5O. The molecule has 3 heterocycles. The monoisotopic (exact) mass is 447 g/mol. The van der Waals surface area contributed by atoms with Gasteiger partial charge in [0.2, 0.25) is 0 Å². The lowest BCUT2D eigenvalue weighted by atomic mass is 9.96. The predicted octanol–water partition coefficient (Wildman–Crippen LogP) is 3.86. The van der Waals surface area contributed by atoms with Gasteiger partial charge in [-0.1, -0.05) is 24.3 Å². The van der Waals surface area contributed by atoms with Crippen LogP contribution in [0.15, 0.2) is 67.0 Å². The summed E-state index contributed by atoms with van der Waals surface area (Å²) >= 11 is 0. The molecule has 1 aliphatic rings. The van der Waals surface area contributed by atoms with Gasteiger partial charge in [0.1, 0.15) is 17.2 Å². The Balaban J connectivity index is 1.38. The van der Waals surface area contributed by atoms with Crippen molar-refractivity contribution in [3.05, 3.63) is 101 Å². The predicted molar refractivity (Wildman–Crippen MR) is 120 cm³/mol. The number of piperazine rings is 1. The molecule has 0 N–H and O–H groups in total. The average Bonchev–Trinajstić information content (AvgIpc) is 3.17. The van der Waals surface area contributed by atoms with Crippen molar-refractivity contribution in [1.29, 1.82) is 0 Å². The van der Waals surface area contributed by atoms with E-state index in [4.69, 9.17) is 0 Å². The number of hydrogen-bond donors (Lipinski definition) is 0. The lowest BCUT2D eigenvalue weighted by Crippen LogP contribution is -2.50. The summed E-state index contributed by atoms with van der Waals surface area (Å²) in [5.41, 5.74) is 3.57. The van der Waals surface area contributed by atoms with E-state index in [1.807, 2.05) is 11.8 Å². The molecule has 0 bridgehead atoms. The molecule has 5 rings (SSSR count). The van der Waals surface area contributed by atoms with Gasteiger partial charge >= 0.3 is 0 Å². The van der Waals surface area contributed by atoms with Gasteiger partial charge in [0, 0.05) is 38.6 Å². The van der Waals surface area contributed by atoms with Crippen LogP contribution in [-0.4, -0.2) is 56.5 Å². The second kappa shape index (κ2) is 8.71. The molecule has 1 aliphatic heterocycles. The van der Waals surface area contributed by atoms with Crippen molar-refractivity contribution in [3.63, 3.8) is 0 Å². The molecule has 0 spiro atoms. The van der Waals surface area contributed by atoms with Crippen molar-refractivity contribution < 1.29 is 13.6 Å². The number of benzene rings is 2. The highest BCUT2D eigenvalue weighted by Gasteiger charge is 2.30. The van der Waals surface area contributed by atoms with E-state index in [1.54, 1.807) is 47.2 Å². The molecule has 0 atom stereocenters. The van der Waals surface area contributed by atoms with Gasteiger partial charge in [0.15, 0.2) is 5.65 Å². The molecule has 0 radical (unpaired) electrons. The number of halogens is 2. The number of carbonyl (C=O) groups excluding carboxylic acids is 1. The molecule has 33 heavy (non-hydrogen) atoms. The first-order chi connectivity index (χ1) is 16.0. The Morgan fingerprint density at radius 3 is 2.06 bits per heavy atom. The molecule has 8 heteroatoms. The first kappa shape index (κ1) is 21.2. The zero-order valence-corrected chi connectivity index (χ0v) is 18.2. The van der Waals surface area contributed by atoms with E-state index < -0.39 is 0 Å². The van der Waals surface area contributed by atoms with Crippen LogP contribution >= 0.6 is 0 Å². The molecule has 2 aromatic carbocycles. The zero-order valence-electron chi connectivity index (χ0n) is 18.2. The SMILES string of the molecule is Cc1nn2cccnc2c1C(=O)N1CCN(C(c2ccc(F)cc2)c2ccc(F)cc2)CC1. The van der Waals surface area contributed by atoms with Crippen molar-refractivity contribution in [3.8, 4) is 0 Å². The molecule has 1 saturated heterocycles. The Labute approximate surface area is 190 Å². The molecule has 168 valence electrons. The highest BCUT2D eigenvalue weighted by atomic mass is 19.1.